The second-order valence-corrected chi connectivity index (χ2v) is 3.46. The molecule has 1 aromatic heterocycles. The van der Waals surface area contributed by atoms with Gasteiger partial charge in [0.1, 0.15) is 6.54 Å². The minimum absolute atomic E-state index is 0.242. The molecule has 16 heavy (non-hydrogen) atoms. The van der Waals surface area contributed by atoms with Crippen molar-refractivity contribution in [1.29, 1.82) is 0 Å². The molecule has 3 nitrogen and oxygen atoms in total. The van der Waals surface area contributed by atoms with Crippen LogP contribution < -0.4 is 10.6 Å². The van der Waals surface area contributed by atoms with Gasteiger partial charge in [0.05, 0.1) is 7.11 Å². The van der Waals surface area contributed by atoms with E-state index in [0.717, 1.165) is 10.6 Å². The predicted molar refractivity (Wildman–Crippen MR) is 62.9 cm³/mol. The smallest absolute Gasteiger partial charge is 0.325 e. The van der Waals surface area contributed by atoms with Gasteiger partial charge in [0.25, 0.3) is 0 Å². The topological polar surface area (TPSA) is 31.2 Å². The second kappa shape index (κ2) is 4.66. The van der Waals surface area contributed by atoms with Gasteiger partial charge in [-0.05, 0) is 17.4 Å². The van der Waals surface area contributed by atoms with Gasteiger partial charge < -0.3 is 9.30 Å². The third-order valence-electron chi connectivity index (χ3n) is 2.43. The molecule has 0 unspecified atom stereocenters. The molecule has 82 valence electrons. The van der Waals surface area contributed by atoms with E-state index in [1.165, 1.54) is 7.11 Å². The average Bonchev–Trinajstić information content (AvgIpc) is 2.59. The fraction of sp³-hybridized carbons (Fsp3) is 0.154. The van der Waals surface area contributed by atoms with Crippen LogP contribution in [0.25, 0.3) is 12.2 Å². The number of carbonyl (C=O) groups excluding carboxylic acids is 1. The predicted octanol–water partition coefficient (Wildman–Crippen LogP) is 0.348. The molecule has 0 spiro atoms. The SMILES string of the molecule is COC(=O)Cn1ccc2c1=CC=CC=CC=2. The van der Waals surface area contributed by atoms with Crippen molar-refractivity contribution in [3.05, 3.63) is 47.1 Å². The standard InChI is InChI=1S/C13H13NO2/c1-16-13(15)10-14-9-8-11-6-4-2-3-5-7-12(11)14/h2-9H,10H2,1H3. The van der Waals surface area contributed by atoms with Crippen LogP contribution in [0.1, 0.15) is 0 Å². The first-order chi connectivity index (χ1) is 7.81. The van der Waals surface area contributed by atoms with Crippen LogP contribution in [0.4, 0.5) is 0 Å². The monoisotopic (exact) mass is 215 g/mol. The van der Waals surface area contributed by atoms with Gasteiger partial charge >= 0.3 is 5.97 Å². The van der Waals surface area contributed by atoms with Crippen molar-refractivity contribution in [3.63, 3.8) is 0 Å². The number of carbonyl (C=O) groups is 1. The van der Waals surface area contributed by atoms with Crippen LogP contribution in [0.5, 0.6) is 0 Å². The van der Waals surface area contributed by atoms with Crippen molar-refractivity contribution < 1.29 is 9.53 Å². The molecule has 0 atom stereocenters. The number of fused-ring (bicyclic) bond motifs is 1. The molecular weight excluding hydrogens is 202 g/mol. The van der Waals surface area contributed by atoms with Crippen molar-refractivity contribution >= 4 is 18.1 Å². The molecule has 0 amide bonds. The summed E-state index contributed by atoms with van der Waals surface area (Å²) in [6, 6.07) is 1.98. The molecule has 2 rings (SSSR count). The van der Waals surface area contributed by atoms with E-state index in [4.69, 9.17) is 0 Å². The molecule has 0 radical (unpaired) electrons. The van der Waals surface area contributed by atoms with Crippen LogP contribution in [-0.4, -0.2) is 17.6 Å². The minimum atomic E-state index is -0.242. The van der Waals surface area contributed by atoms with Crippen LogP contribution in [-0.2, 0) is 16.1 Å². The van der Waals surface area contributed by atoms with E-state index in [-0.39, 0.29) is 12.5 Å². The maximum Gasteiger partial charge on any atom is 0.325 e. The highest BCUT2D eigenvalue weighted by Gasteiger charge is 2.02. The number of esters is 1. The number of rotatable bonds is 2. The molecule has 0 N–H and O–H groups in total. The average molecular weight is 215 g/mol. The highest BCUT2D eigenvalue weighted by atomic mass is 16.5. The van der Waals surface area contributed by atoms with Gasteiger partial charge in [-0.2, -0.15) is 0 Å². The molecule has 1 aliphatic rings. The summed E-state index contributed by atoms with van der Waals surface area (Å²) in [7, 11) is 1.40. The first-order valence-electron chi connectivity index (χ1n) is 5.08. The molecule has 1 aliphatic carbocycles. The lowest BCUT2D eigenvalue weighted by molar-refractivity contribution is -0.141. The molecule has 0 bridgehead atoms. The first-order valence-corrected chi connectivity index (χ1v) is 5.08. The quantitative estimate of drug-likeness (QED) is 0.666. The maximum absolute atomic E-state index is 11.2. The number of aromatic nitrogens is 1. The highest BCUT2D eigenvalue weighted by molar-refractivity contribution is 5.69. The number of nitrogens with zero attached hydrogens (tertiary/aromatic N) is 1. The van der Waals surface area contributed by atoms with Crippen LogP contribution in [0.15, 0.2) is 36.6 Å². The Morgan fingerprint density at radius 2 is 2.00 bits per heavy atom. The van der Waals surface area contributed by atoms with Crippen LogP contribution >= 0.6 is 0 Å². The largest absolute Gasteiger partial charge is 0.468 e. The van der Waals surface area contributed by atoms with Gasteiger partial charge in [-0.3, -0.25) is 4.79 Å². The molecule has 0 fully saturated rings. The lowest BCUT2D eigenvalue weighted by atomic mass is 10.3. The van der Waals surface area contributed by atoms with Crippen molar-refractivity contribution in [2.24, 2.45) is 0 Å². The molecule has 3 heteroatoms. The zero-order chi connectivity index (χ0) is 11.4. The van der Waals surface area contributed by atoms with Gasteiger partial charge in [0.15, 0.2) is 0 Å². The van der Waals surface area contributed by atoms with E-state index >= 15 is 0 Å². The Kier molecular flexibility index (Phi) is 3.05. The molecule has 0 aliphatic heterocycles. The minimum Gasteiger partial charge on any atom is -0.468 e. The van der Waals surface area contributed by atoms with Gasteiger partial charge in [-0.25, -0.2) is 0 Å². The van der Waals surface area contributed by atoms with E-state index in [1.54, 1.807) is 0 Å². The maximum atomic E-state index is 11.2. The third-order valence-corrected chi connectivity index (χ3v) is 2.43. The van der Waals surface area contributed by atoms with Crippen LogP contribution in [0.3, 0.4) is 0 Å². The summed E-state index contributed by atoms with van der Waals surface area (Å²) >= 11 is 0. The molecular formula is C13H13NO2. The summed E-state index contributed by atoms with van der Waals surface area (Å²) in [4.78, 5) is 11.2. The van der Waals surface area contributed by atoms with Crippen LogP contribution in [0, 0.1) is 0 Å². The summed E-state index contributed by atoms with van der Waals surface area (Å²) < 4.78 is 6.53. The Hall–Kier alpha value is -2.03. The summed E-state index contributed by atoms with van der Waals surface area (Å²) in [6.45, 7) is 0.244. The van der Waals surface area contributed by atoms with E-state index in [2.05, 4.69) is 4.74 Å². The number of hydrogen-bond acceptors (Lipinski definition) is 2. The van der Waals surface area contributed by atoms with Gasteiger partial charge in [0.2, 0.25) is 0 Å². The number of ether oxygens (including phenoxy) is 1. The second-order valence-electron chi connectivity index (χ2n) is 3.46. The van der Waals surface area contributed by atoms with Gasteiger partial charge in [-0.15, -0.1) is 0 Å². The highest BCUT2D eigenvalue weighted by Crippen LogP contribution is 1.87. The first kappa shape index (κ1) is 10.5. The van der Waals surface area contributed by atoms with Crippen molar-refractivity contribution in [1.82, 2.24) is 4.57 Å². The summed E-state index contributed by atoms with van der Waals surface area (Å²) in [5.74, 6) is -0.242. The molecule has 1 heterocycles. The lowest BCUT2D eigenvalue weighted by Crippen LogP contribution is -2.31. The van der Waals surface area contributed by atoms with E-state index in [1.807, 2.05) is 53.3 Å². The summed E-state index contributed by atoms with van der Waals surface area (Å²) in [6.07, 6.45) is 13.7. The fourth-order valence-electron chi connectivity index (χ4n) is 1.61. The number of methoxy groups -OCH3 is 1. The Morgan fingerprint density at radius 3 is 2.75 bits per heavy atom. The zero-order valence-corrected chi connectivity index (χ0v) is 9.09. The van der Waals surface area contributed by atoms with E-state index < -0.39 is 0 Å². The zero-order valence-electron chi connectivity index (χ0n) is 9.09. The van der Waals surface area contributed by atoms with Crippen molar-refractivity contribution in [2.75, 3.05) is 7.11 Å². The third kappa shape index (κ3) is 2.14. The summed E-state index contributed by atoms with van der Waals surface area (Å²) in [5, 5.41) is 2.12. The Morgan fingerprint density at radius 1 is 1.25 bits per heavy atom. The molecule has 1 aromatic rings. The van der Waals surface area contributed by atoms with E-state index in [9.17, 15) is 4.79 Å². The van der Waals surface area contributed by atoms with E-state index in [0.29, 0.717) is 0 Å². The lowest BCUT2D eigenvalue weighted by Gasteiger charge is -2.01. The van der Waals surface area contributed by atoms with Crippen molar-refractivity contribution in [2.45, 2.75) is 6.54 Å². The number of allylic oxidation sites excluding steroid dienone is 4. The van der Waals surface area contributed by atoms with Gasteiger partial charge in [0, 0.05) is 11.5 Å². The summed E-state index contributed by atoms with van der Waals surface area (Å²) in [5.41, 5.74) is 0. The molecule has 0 saturated heterocycles. The van der Waals surface area contributed by atoms with Crippen molar-refractivity contribution in [3.8, 4) is 0 Å². The Labute approximate surface area is 93.6 Å². The molecule has 0 saturated carbocycles. The normalized spacial score (nSPS) is 13.1. The fourth-order valence-corrected chi connectivity index (χ4v) is 1.61. The van der Waals surface area contributed by atoms with Gasteiger partial charge in [-0.1, -0.05) is 30.4 Å². The molecule has 0 aromatic carbocycles. The number of hydrogen-bond donors (Lipinski definition) is 0. The van der Waals surface area contributed by atoms with Crippen LogP contribution in [0.2, 0.25) is 0 Å². The Balaban J connectivity index is 2.47. The Bertz CT molecular complexity index is 561.